The summed E-state index contributed by atoms with van der Waals surface area (Å²) in [4.78, 5) is 8.69. The van der Waals surface area contributed by atoms with Crippen molar-refractivity contribution in [1.82, 2.24) is 9.66 Å². The average Bonchev–Trinajstić information content (AvgIpc) is 3.60. The SMILES string of the molecule is NC1=NCN(C2(O)O[C@H](COCc3ccccc3)[C@@H](OCc3ccccc3)[C@H]2OCc2ccccc2)n2ccnc21. The Morgan fingerprint density at radius 2 is 1.44 bits per heavy atom. The predicted molar refractivity (Wildman–Crippen MR) is 152 cm³/mol. The highest BCUT2D eigenvalue weighted by Gasteiger charge is 2.61. The smallest absolute Gasteiger partial charge is 0.295 e. The van der Waals surface area contributed by atoms with Gasteiger partial charge in [0.25, 0.3) is 5.91 Å². The fourth-order valence-electron chi connectivity index (χ4n) is 5.11. The van der Waals surface area contributed by atoms with E-state index in [9.17, 15) is 5.11 Å². The Hall–Kier alpha value is -4.06. The van der Waals surface area contributed by atoms with Crippen LogP contribution in [0.5, 0.6) is 0 Å². The minimum absolute atomic E-state index is 0.0277. The number of nitrogens with zero attached hydrogens (tertiary/aromatic N) is 4. The zero-order valence-electron chi connectivity index (χ0n) is 22.5. The molecule has 4 atom stereocenters. The molecule has 0 spiro atoms. The summed E-state index contributed by atoms with van der Waals surface area (Å²) < 4.78 is 27.1. The summed E-state index contributed by atoms with van der Waals surface area (Å²) >= 11 is 0. The zero-order valence-corrected chi connectivity index (χ0v) is 22.5. The van der Waals surface area contributed by atoms with Crippen LogP contribution in [0, 0.1) is 0 Å². The molecule has 4 aromatic rings. The first-order chi connectivity index (χ1) is 20.1. The molecule has 41 heavy (non-hydrogen) atoms. The summed E-state index contributed by atoms with van der Waals surface area (Å²) in [7, 11) is 0. The molecule has 3 heterocycles. The molecule has 0 amide bonds. The highest BCUT2D eigenvalue weighted by Crippen LogP contribution is 2.38. The van der Waals surface area contributed by atoms with Gasteiger partial charge in [0.05, 0.1) is 26.4 Å². The van der Waals surface area contributed by atoms with Gasteiger partial charge >= 0.3 is 0 Å². The van der Waals surface area contributed by atoms with Crippen LogP contribution < -0.4 is 10.7 Å². The second kappa shape index (κ2) is 12.2. The maximum Gasteiger partial charge on any atom is 0.295 e. The van der Waals surface area contributed by atoms with Crippen LogP contribution >= 0.6 is 0 Å². The van der Waals surface area contributed by atoms with E-state index in [-0.39, 0.29) is 25.7 Å². The second-order valence-corrected chi connectivity index (χ2v) is 9.97. The van der Waals surface area contributed by atoms with Gasteiger partial charge < -0.3 is 29.8 Å². The Morgan fingerprint density at radius 1 is 0.854 bits per heavy atom. The number of benzene rings is 3. The van der Waals surface area contributed by atoms with Gasteiger partial charge in [-0.2, -0.15) is 0 Å². The van der Waals surface area contributed by atoms with Crippen LogP contribution in [-0.4, -0.2) is 58.1 Å². The maximum atomic E-state index is 12.3. The number of amidine groups is 1. The van der Waals surface area contributed by atoms with Crippen molar-refractivity contribution in [3.63, 3.8) is 0 Å². The first-order valence-corrected chi connectivity index (χ1v) is 13.6. The normalized spacial score (nSPS) is 23.8. The van der Waals surface area contributed by atoms with Crippen LogP contribution in [0.4, 0.5) is 0 Å². The van der Waals surface area contributed by atoms with E-state index in [1.807, 2.05) is 91.0 Å². The molecule has 1 fully saturated rings. The molecule has 0 saturated carbocycles. The van der Waals surface area contributed by atoms with Gasteiger partial charge in [0.15, 0.2) is 17.8 Å². The number of hydrogen-bond donors (Lipinski definition) is 2. The molecule has 10 nitrogen and oxygen atoms in total. The number of nitrogens with two attached hydrogens (primary N) is 1. The molecule has 1 aromatic heterocycles. The third kappa shape index (κ3) is 5.88. The quantitative estimate of drug-likeness (QED) is 0.290. The van der Waals surface area contributed by atoms with E-state index in [1.54, 1.807) is 22.1 Å². The van der Waals surface area contributed by atoms with Crippen molar-refractivity contribution in [3.05, 3.63) is 126 Å². The molecule has 10 heteroatoms. The number of ether oxygens (including phenoxy) is 4. The van der Waals surface area contributed by atoms with Crippen LogP contribution in [0.3, 0.4) is 0 Å². The molecule has 1 saturated heterocycles. The lowest BCUT2D eigenvalue weighted by Crippen LogP contribution is -2.64. The maximum absolute atomic E-state index is 12.3. The van der Waals surface area contributed by atoms with Crippen molar-refractivity contribution in [2.75, 3.05) is 18.3 Å². The molecular weight excluding hydrogens is 522 g/mol. The molecule has 1 unspecified atom stereocenters. The summed E-state index contributed by atoms with van der Waals surface area (Å²) in [5.74, 6) is -1.30. The van der Waals surface area contributed by atoms with Gasteiger partial charge in [0.1, 0.15) is 18.9 Å². The molecule has 3 N–H and O–H groups in total. The van der Waals surface area contributed by atoms with Crippen molar-refractivity contribution >= 4 is 5.84 Å². The van der Waals surface area contributed by atoms with Gasteiger partial charge in [-0.15, -0.1) is 0 Å². The van der Waals surface area contributed by atoms with Gasteiger partial charge in [-0.1, -0.05) is 91.0 Å². The number of aliphatic imine (C=N–C) groups is 1. The van der Waals surface area contributed by atoms with Crippen molar-refractivity contribution in [2.45, 2.75) is 44.0 Å². The summed E-state index contributed by atoms with van der Waals surface area (Å²) in [5.41, 5.74) is 9.06. The van der Waals surface area contributed by atoms with E-state index in [0.717, 1.165) is 16.7 Å². The monoisotopic (exact) mass is 555 g/mol. The largest absolute Gasteiger partial charge is 0.381 e. The summed E-state index contributed by atoms with van der Waals surface area (Å²) in [5, 5.41) is 13.9. The van der Waals surface area contributed by atoms with Gasteiger partial charge in [0.2, 0.25) is 0 Å². The minimum Gasteiger partial charge on any atom is -0.381 e. The number of fused-ring (bicyclic) bond motifs is 1. The first-order valence-electron chi connectivity index (χ1n) is 13.6. The van der Waals surface area contributed by atoms with Crippen LogP contribution in [-0.2, 0) is 38.8 Å². The molecule has 2 aliphatic rings. The average molecular weight is 556 g/mol. The number of aromatic nitrogens is 2. The number of aliphatic hydroxyl groups is 1. The third-order valence-corrected chi connectivity index (χ3v) is 7.17. The van der Waals surface area contributed by atoms with Crippen molar-refractivity contribution in [2.24, 2.45) is 10.7 Å². The van der Waals surface area contributed by atoms with Gasteiger partial charge in [-0.3, -0.25) is 0 Å². The summed E-state index contributed by atoms with van der Waals surface area (Å²) in [6.45, 7) is 1.11. The number of rotatable bonds is 11. The summed E-state index contributed by atoms with van der Waals surface area (Å²) in [6.07, 6.45) is 1.00. The van der Waals surface area contributed by atoms with Crippen LogP contribution in [0.2, 0.25) is 0 Å². The van der Waals surface area contributed by atoms with Gasteiger partial charge in [0, 0.05) is 12.4 Å². The fourth-order valence-corrected chi connectivity index (χ4v) is 5.11. The van der Waals surface area contributed by atoms with E-state index in [0.29, 0.717) is 19.0 Å². The molecule has 0 bridgehead atoms. The molecule has 2 aliphatic heterocycles. The molecule has 212 valence electrons. The van der Waals surface area contributed by atoms with Crippen molar-refractivity contribution in [1.29, 1.82) is 0 Å². The second-order valence-electron chi connectivity index (χ2n) is 9.97. The Kier molecular flexibility index (Phi) is 8.08. The van der Waals surface area contributed by atoms with Crippen LogP contribution in [0.25, 0.3) is 0 Å². The summed E-state index contributed by atoms with van der Waals surface area (Å²) in [6, 6.07) is 29.5. The Labute approximate surface area is 238 Å². The lowest BCUT2D eigenvalue weighted by Gasteiger charge is -2.42. The lowest BCUT2D eigenvalue weighted by molar-refractivity contribution is -0.253. The number of hydrogen-bond acceptors (Lipinski definition) is 9. The van der Waals surface area contributed by atoms with Gasteiger partial charge in [-0.05, 0) is 16.7 Å². The predicted octanol–water partition coefficient (Wildman–Crippen LogP) is 2.93. The van der Waals surface area contributed by atoms with Crippen molar-refractivity contribution in [3.8, 4) is 0 Å². The Morgan fingerprint density at radius 3 is 2.07 bits per heavy atom. The molecule has 6 rings (SSSR count). The fraction of sp³-hybridized carbons (Fsp3) is 0.290. The third-order valence-electron chi connectivity index (χ3n) is 7.17. The Bertz CT molecular complexity index is 1440. The van der Waals surface area contributed by atoms with E-state index in [1.165, 1.54) is 0 Å². The topological polar surface area (TPSA) is 117 Å². The molecule has 0 aliphatic carbocycles. The first kappa shape index (κ1) is 27.1. The minimum atomic E-state index is -1.98. The van der Waals surface area contributed by atoms with Gasteiger partial charge in [-0.25, -0.2) is 19.7 Å². The van der Waals surface area contributed by atoms with Crippen LogP contribution in [0.15, 0.2) is 108 Å². The highest BCUT2D eigenvalue weighted by molar-refractivity contribution is 5.95. The zero-order chi connectivity index (χ0) is 28.1. The van der Waals surface area contributed by atoms with E-state index in [4.69, 9.17) is 24.7 Å². The van der Waals surface area contributed by atoms with Crippen LogP contribution in [0.1, 0.15) is 22.5 Å². The van der Waals surface area contributed by atoms with E-state index >= 15 is 0 Å². The molecular formula is C31H33N5O5. The molecule has 3 aromatic carbocycles. The van der Waals surface area contributed by atoms with E-state index < -0.39 is 24.2 Å². The Balaban J connectivity index is 1.30. The van der Waals surface area contributed by atoms with Crippen molar-refractivity contribution < 1.29 is 24.1 Å². The molecule has 0 radical (unpaired) electrons. The van der Waals surface area contributed by atoms with E-state index in [2.05, 4.69) is 9.98 Å². The highest BCUT2D eigenvalue weighted by atomic mass is 16.7. The number of imidazole rings is 1. The standard InChI is InChI=1S/C31H33N5O5/c32-29-30-33-16-17-35(30)36(22-34-29)31(37)28(40-20-25-14-8-3-9-15-25)27(39-19-24-12-6-2-7-13-24)26(41-31)21-38-18-23-10-4-1-5-11-23/h1-17,26-28,37H,18-22H2,(H2,32,34)/t26-,27-,28-,31?/m1/s1. The lowest BCUT2D eigenvalue weighted by atomic mass is 10.1.